The largest absolute Gasteiger partial charge is 0.508 e. The third-order valence-corrected chi connectivity index (χ3v) is 5.14. The first kappa shape index (κ1) is 20.9. The average molecular weight is 426 g/mol. The molecule has 0 spiro atoms. The molecule has 0 atom stereocenters. The molecule has 6 nitrogen and oxygen atoms in total. The molecule has 0 aliphatic rings. The van der Waals surface area contributed by atoms with Crippen LogP contribution >= 0.6 is 0 Å². The maximum absolute atomic E-state index is 13.1. The van der Waals surface area contributed by atoms with Crippen LogP contribution in [-0.4, -0.2) is 29.1 Å². The number of phenolic OH excluding ortho intramolecular Hbond substituents is 1. The fraction of sp³-hybridized carbons (Fsp3) is 0.0769. The highest BCUT2D eigenvalue weighted by atomic mass is 16.5. The number of benzene rings is 3. The Kier molecular flexibility index (Phi) is 6.03. The highest BCUT2D eigenvalue weighted by molar-refractivity contribution is 6.00. The second-order valence-corrected chi connectivity index (χ2v) is 7.26. The van der Waals surface area contributed by atoms with Crippen LogP contribution in [0.25, 0.3) is 22.4 Å². The van der Waals surface area contributed by atoms with Crippen molar-refractivity contribution in [2.24, 2.45) is 0 Å². The molecule has 4 rings (SSSR count). The summed E-state index contributed by atoms with van der Waals surface area (Å²) >= 11 is 0. The van der Waals surface area contributed by atoms with E-state index >= 15 is 0 Å². The van der Waals surface area contributed by atoms with Gasteiger partial charge in [0.05, 0.1) is 12.7 Å². The molecule has 4 aromatic rings. The Labute approximate surface area is 185 Å². The van der Waals surface area contributed by atoms with Crippen LogP contribution in [0.2, 0.25) is 0 Å². The van der Waals surface area contributed by atoms with Gasteiger partial charge in [0.2, 0.25) is 0 Å². The summed E-state index contributed by atoms with van der Waals surface area (Å²) in [6.45, 7) is 0.301. The maximum atomic E-state index is 13.1. The first-order valence-electron chi connectivity index (χ1n) is 10.1. The number of esters is 1. The molecule has 1 amide bonds. The summed E-state index contributed by atoms with van der Waals surface area (Å²) in [5, 5.41) is 12.6. The molecule has 1 heterocycles. The first-order valence-corrected chi connectivity index (χ1v) is 10.1. The number of ether oxygens (including phenoxy) is 1. The lowest BCUT2D eigenvalue weighted by atomic mass is 10.0. The van der Waals surface area contributed by atoms with E-state index in [-0.39, 0.29) is 11.7 Å². The zero-order valence-corrected chi connectivity index (χ0v) is 17.5. The Bertz CT molecular complexity index is 1230. The smallest absolute Gasteiger partial charge is 0.337 e. The molecule has 3 N–H and O–H groups in total. The fourth-order valence-electron chi connectivity index (χ4n) is 3.42. The Balaban J connectivity index is 1.59. The highest BCUT2D eigenvalue weighted by Gasteiger charge is 2.18. The van der Waals surface area contributed by atoms with Crippen molar-refractivity contribution in [2.75, 3.05) is 7.11 Å². The molecule has 0 saturated carbocycles. The van der Waals surface area contributed by atoms with Crippen molar-refractivity contribution in [3.8, 4) is 28.1 Å². The lowest BCUT2D eigenvalue weighted by Gasteiger charge is -2.08. The second kappa shape index (κ2) is 9.22. The summed E-state index contributed by atoms with van der Waals surface area (Å²) in [6, 6.07) is 25.3. The van der Waals surface area contributed by atoms with Crippen LogP contribution in [0.1, 0.15) is 26.4 Å². The predicted molar refractivity (Wildman–Crippen MR) is 122 cm³/mol. The van der Waals surface area contributed by atoms with Gasteiger partial charge in [0.25, 0.3) is 5.91 Å². The monoisotopic (exact) mass is 426 g/mol. The van der Waals surface area contributed by atoms with Crippen LogP contribution in [0.3, 0.4) is 0 Å². The van der Waals surface area contributed by atoms with E-state index in [1.54, 1.807) is 48.5 Å². The Hall–Kier alpha value is -4.32. The predicted octanol–water partition coefficient (Wildman–Crippen LogP) is 4.77. The van der Waals surface area contributed by atoms with Crippen LogP contribution in [0.4, 0.5) is 0 Å². The van der Waals surface area contributed by atoms with E-state index in [1.165, 1.54) is 7.11 Å². The van der Waals surface area contributed by atoms with Crippen LogP contribution < -0.4 is 5.32 Å². The number of nitrogens with one attached hydrogen (secondary N) is 2. The van der Waals surface area contributed by atoms with Gasteiger partial charge in [-0.3, -0.25) is 4.79 Å². The number of aromatic hydroxyl groups is 1. The van der Waals surface area contributed by atoms with Gasteiger partial charge in [0.1, 0.15) is 11.4 Å². The molecular formula is C26H22N2O4. The van der Waals surface area contributed by atoms with E-state index in [2.05, 4.69) is 10.3 Å². The molecule has 0 fully saturated rings. The number of hydrogen-bond donors (Lipinski definition) is 3. The molecule has 0 unspecified atom stereocenters. The third-order valence-electron chi connectivity index (χ3n) is 5.14. The molecular weight excluding hydrogens is 404 g/mol. The third kappa shape index (κ3) is 4.54. The van der Waals surface area contributed by atoms with Gasteiger partial charge in [-0.1, -0.05) is 54.6 Å². The lowest BCUT2D eigenvalue weighted by Crippen LogP contribution is -2.23. The summed E-state index contributed by atoms with van der Waals surface area (Å²) in [7, 11) is 1.34. The van der Waals surface area contributed by atoms with Crippen molar-refractivity contribution < 1.29 is 19.4 Å². The molecule has 32 heavy (non-hydrogen) atoms. The van der Waals surface area contributed by atoms with Crippen LogP contribution in [0.5, 0.6) is 5.75 Å². The number of H-pyrrole nitrogens is 1. The summed E-state index contributed by atoms with van der Waals surface area (Å²) in [5.41, 5.74) is 5.07. The van der Waals surface area contributed by atoms with Crippen LogP contribution in [0.15, 0.2) is 84.9 Å². The quantitative estimate of drug-likeness (QED) is 0.387. The summed E-state index contributed by atoms with van der Waals surface area (Å²) in [6.07, 6.45) is 0. The number of phenols is 1. The fourth-order valence-corrected chi connectivity index (χ4v) is 3.42. The molecule has 3 aromatic carbocycles. The molecule has 0 radical (unpaired) electrons. The van der Waals surface area contributed by atoms with Crippen LogP contribution in [-0.2, 0) is 11.3 Å². The van der Waals surface area contributed by atoms with Gasteiger partial charge in [0.15, 0.2) is 0 Å². The molecule has 0 bridgehead atoms. The number of carbonyl (C=O) groups excluding carboxylic acids is 2. The highest BCUT2D eigenvalue weighted by Crippen LogP contribution is 2.30. The molecule has 0 aliphatic heterocycles. The molecule has 160 valence electrons. The average Bonchev–Trinajstić information content (AvgIpc) is 3.29. The number of aromatic nitrogens is 1. The zero-order valence-electron chi connectivity index (χ0n) is 17.5. The normalized spacial score (nSPS) is 10.5. The van der Waals surface area contributed by atoms with Gasteiger partial charge in [-0.25, -0.2) is 4.79 Å². The Morgan fingerprint density at radius 1 is 0.906 bits per heavy atom. The molecule has 0 saturated heterocycles. The summed E-state index contributed by atoms with van der Waals surface area (Å²) in [5.74, 6) is -0.500. The standard InChI is InChI=1S/C26H22N2O4/c1-32-26(31)20-9-7-17(8-10-20)16-27-25(30)24-22(18-11-13-21(29)14-12-18)15-23(28-24)19-5-3-2-4-6-19/h2-15,28-29H,16H2,1H3,(H,27,30). The van der Waals surface area contributed by atoms with Gasteiger partial charge in [0, 0.05) is 17.8 Å². The maximum Gasteiger partial charge on any atom is 0.337 e. The second-order valence-electron chi connectivity index (χ2n) is 7.26. The van der Waals surface area contributed by atoms with Crippen molar-refractivity contribution in [3.63, 3.8) is 0 Å². The van der Waals surface area contributed by atoms with Crippen LogP contribution in [0, 0.1) is 0 Å². The van der Waals surface area contributed by atoms with Gasteiger partial charge < -0.3 is 20.1 Å². The van der Waals surface area contributed by atoms with Crippen molar-refractivity contribution >= 4 is 11.9 Å². The number of rotatable bonds is 6. The number of aromatic amines is 1. The van der Waals surface area contributed by atoms with E-state index in [1.807, 2.05) is 36.4 Å². The number of carbonyl (C=O) groups is 2. The van der Waals surface area contributed by atoms with E-state index in [0.29, 0.717) is 17.8 Å². The van der Waals surface area contributed by atoms with Gasteiger partial charge >= 0.3 is 5.97 Å². The van der Waals surface area contributed by atoms with Crippen molar-refractivity contribution in [1.82, 2.24) is 10.3 Å². The van der Waals surface area contributed by atoms with Gasteiger partial charge in [-0.2, -0.15) is 0 Å². The zero-order chi connectivity index (χ0) is 22.5. The van der Waals surface area contributed by atoms with Gasteiger partial charge in [-0.05, 0) is 47.0 Å². The lowest BCUT2D eigenvalue weighted by molar-refractivity contribution is 0.0600. The Morgan fingerprint density at radius 2 is 1.59 bits per heavy atom. The number of amides is 1. The topological polar surface area (TPSA) is 91.4 Å². The minimum Gasteiger partial charge on any atom is -0.508 e. The van der Waals surface area contributed by atoms with Crippen molar-refractivity contribution in [3.05, 3.63) is 102 Å². The molecule has 0 aliphatic carbocycles. The SMILES string of the molecule is COC(=O)c1ccc(CNC(=O)c2[nH]c(-c3ccccc3)cc2-c2ccc(O)cc2)cc1. The minimum absolute atomic E-state index is 0.161. The van der Waals surface area contributed by atoms with E-state index in [4.69, 9.17) is 4.74 Å². The van der Waals surface area contributed by atoms with E-state index in [0.717, 1.165) is 27.9 Å². The van der Waals surface area contributed by atoms with E-state index in [9.17, 15) is 14.7 Å². The summed E-state index contributed by atoms with van der Waals surface area (Å²) < 4.78 is 4.71. The number of methoxy groups -OCH3 is 1. The summed E-state index contributed by atoms with van der Waals surface area (Å²) in [4.78, 5) is 27.9. The minimum atomic E-state index is -0.404. The van der Waals surface area contributed by atoms with Crippen molar-refractivity contribution in [2.45, 2.75) is 6.54 Å². The van der Waals surface area contributed by atoms with Gasteiger partial charge in [-0.15, -0.1) is 0 Å². The number of hydrogen-bond acceptors (Lipinski definition) is 4. The molecule has 6 heteroatoms. The van der Waals surface area contributed by atoms with Crippen molar-refractivity contribution in [1.29, 1.82) is 0 Å². The molecule has 1 aromatic heterocycles. The Morgan fingerprint density at radius 3 is 2.25 bits per heavy atom. The first-order chi connectivity index (χ1) is 15.5. The van der Waals surface area contributed by atoms with E-state index < -0.39 is 5.97 Å².